The number of hydrogen-bond donors (Lipinski definition) is 3. The van der Waals surface area contributed by atoms with Gasteiger partial charge in [-0.3, -0.25) is 4.90 Å². The molecule has 0 spiro atoms. The summed E-state index contributed by atoms with van der Waals surface area (Å²) in [6, 6.07) is 6.65. The molecule has 48 heavy (non-hydrogen) atoms. The molecule has 2 aromatic heterocycles. The predicted octanol–water partition coefficient (Wildman–Crippen LogP) is 4.71. The lowest BCUT2D eigenvalue weighted by Gasteiger charge is -2.40. The average Bonchev–Trinajstić information content (AvgIpc) is 3.58. The van der Waals surface area contributed by atoms with E-state index in [1.165, 1.54) is 12.1 Å². The number of aromatic hydroxyl groups is 1. The van der Waals surface area contributed by atoms with Crippen LogP contribution in [0.4, 0.5) is 14.6 Å². The van der Waals surface area contributed by atoms with Crippen molar-refractivity contribution in [3.63, 3.8) is 0 Å². The van der Waals surface area contributed by atoms with Crippen molar-refractivity contribution in [3.8, 4) is 28.9 Å². The molecule has 10 nitrogen and oxygen atoms in total. The zero-order valence-electron chi connectivity index (χ0n) is 27.0. The van der Waals surface area contributed by atoms with Crippen LogP contribution in [0.5, 0.6) is 17.6 Å². The molecule has 0 amide bonds. The van der Waals surface area contributed by atoms with Gasteiger partial charge in [-0.1, -0.05) is 13.0 Å². The number of anilines is 1. The topological polar surface area (TPSA) is 116 Å². The van der Waals surface area contributed by atoms with Crippen LogP contribution >= 0.6 is 0 Å². The molecule has 0 radical (unpaired) electrons. The van der Waals surface area contributed by atoms with Gasteiger partial charge < -0.3 is 29.9 Å². The zero-order valence-corrected chi connectivity index (χ0v) is 27.0. The second-order valence-corrected chi connectivity index (χ2v) is 14.4. The number of nitrogens with zero attached hydrogens (tertiary/aromatic N) is 5. The summed E-state index contributed by atoms with van der Waals surface area (Å²) in [6.45, 7) is 5.21. The molecule has 5 aliphatic rings. The van der Waals surface area contributed by atoms with E-state index in [2.05, 4.69) is 15.1 Å². The SMILES string of the molecule is CCc1c(F)ccc2cc(O)cc(-c3nc4c5c(nc(OCC6(CN7CCC[C@H]7CO)CC6)nc5c3F)N3C[C@@H]5CC[C@@H](N5)[C@H]3CO4)c12. The molecule has 4 fully saturated rings. The third kappa shape index (κ3) is 4.86. The monoisotopic (exact) mass is 658 g/mol. The maximum absolute atomic E-state index is 17.1. The lowest BCUT2D eigenvalue weighted by atomic mass is 9.94. The van der Waals surface area contributed by atoms with Crippen molar-refractivity contribution in [2.24, 2.45) is 5.41 Å². The molecule has 2 bridgehead atoms. The molecule has 4 atom stereocenters. The molecule has 252 valence electrons. The van der Waals surface area contributed by atoms with Gasteiger partial charge in [-0.25, -0.2) is 13.8 Å². The van der Waals surface area contributed by atoms with E-state index in [1.54, 1.807) is 12.1 Å². The average molecular weight is 659 g/mol. The number of likely N-dealkylation sites (tertiary alicyclic amines) is 1. The first-order chi connectivity index (χ1) is 23.3. The van der Waals surface area contributed by atoms with Gasteiger partial charge in [-0.15, -0.1) is 0 Å². The van der Waals surface area contributed by atoms with Crippen LogP contribution in [0.25, 0.3) is 32.9 Å². The van der Waals surface area contributed by atoms with Gasteiger partial charge in [-0.2, -0.15) is 9.97 Å². The number of ether oxygens (including phenoxy) is 2. The summed E-state index contributed by atoms with van der Waals surface area (Å²) in [5.74, 6) is -0.427. The van der Waals surface area contributed by atoms with Crippen molar-refractivity contribution < 1.29 is 28.5 Å². The number of halogens is 2. The molecule has 1 saturated carbocycles. The summed E-state index contributed by atoms with van der Waals surface area (Å²) in [5, 5.41) is 25.8. The summed E-state index contributed by atoms with van der Waals surface area (Å²) < 4.78 is 45.0. The highest BCUT2D eigenvalue weighted by molar-refractivity contribution is 6.03. The molecule has 1 aliphatic carbocycles. The normalized spacial score (nSPS) is 25.7. The Morgan fingerprint density at radius 2 is 1.98 bits per heavy atom. The first kappa shape index (κ1) is 30.2. The number of benzene rings is 2. The number of pyridine rings is 1. The number of aryl methyl sites for hydroxylation is 1. The van der Waals surface area contributed by atoms with E-state index in [0.29, 0.717) is 53.7 Å². The predicted molar refractivity (Wildman–Crippen MR) is 177 cm³/mol. The van der Waals surface area contributed by atoms with Crippen LogP contribution in [0.2, 0.25) is 0 Å². The van der Waals surface area contributed by atoms with Crippen LogP contribution < -0.4 is 19.7 Å². The number of rotatable bonds is 8. The number of fused-ring (bicyclic) bond motifs is 6. The number of nitrogens with one attached hydrogen (secondary N) is 1. The summed E-state index contributed by atoms with van der Waals surface area (Å²) in [4.78, 5) is 19.0. The van der Waals surface area contributed by atoms with E-state index in [-0.39, 0.29) is 70.6 Å². The molecular formula is C36H40F2N6O4. The molecular weight excluding hydrogens is 618 g/mol. The Bertz CT molecular complexity index is 1940. The van der Waals surface area contributed by atoms with Crippen LogP contribution in [0, 0.1) is 17.0 Å². The fraction of sp³-hybridized carbons (Fsp3) is 0.528. The highest BCUT2D eigenvalue weighted by Crippen LogP contribution is 2.48. The van der Waals surface area contributed by atoms with E-state index in [4.69, 9.17) is 24.4 Å². The molecule has 6 heterocycles. The highest BCUT2D eigenvalue weighted by atomic mass is 19.1. The Morgan fingerprint density at radius 3 is 2.79 bits per heavy atom. The molecule has 9 rings (SSSR count). The molecule has 4 aliphatic heterocycles. The van der Waals surface area contributed by atoms with Crippen LogP contribution in [0.3, 0.4) is 0 Å². The Labute approximate surface area is 277 Å². The maximum atomic E-state index is 17.1. The highest BCUT2D eigenvalue weighted by Gasteiger charge is 2.47. The van der Waals surface area contributed by atoms with Crippen molar-refractivity contribution in [2.45, 2.75) is 76.0 Å². The van der Waals surface area contributed by atoms with Crippen LogP contribution in [-0.2, 0) is 6.42 Å². The summed E-state index contributed by atoms with van der Waals surface area (Å²) >= 11 is 0. The van der Waals surface area contributed by atoms with Crippen molar-refractivity contribution in [1.82, 2.24) is 25.2 Å². The molecule has 2 aromatic carbocycles. The summed E-state index contributed by atoms with van der Waals surface area (Å²) in [7, 11) is 0. The fourth-order valence-corrected chi connectivity index (χ4v) is 8.68. The first-order valence-corrected chi connectivity index (χ1v) is 17.3. The number of phenolic OH excluding ortho intramolecular Hbond substituents is 1. The van der Waals surface area contributed by atoms with Gasteiger partial charge in [0.1, 0.15) is 40.6 Å². The zero-order chi connectivity index (χ0) is 32.7. The standard InChI is InChI=1S/C36H40F2N6O4/c1-2-23-25(37)7-5-19-12-22(46)13-24(28(19)23)31-30(38)32-29-33(44-14-20-6-8-26(39-20)27(44)16-47-34(29)40-31)42-35(41-32)48-18-36(9-10-36)17-43-11-3-4-21(43)15-45/h5,7,12-13,20-21,26-27,39,45-46H,2-4,6,8-11,14-18H2,1H3/t20-,21-,26+,27+/m0/s1. The van der Waals surface area contributed by atoms with Gasteiger partial charge in [0.15, 0.2) is 5.82 Å². The Hall–Kier alpha value is -3.87. The number of aliphatic hydroxyl groups is 1. The minimum absolute atomic E-state index is 0.0252. The van der Waals surface area contributed by atoms with Gasteiger partial charge in [0.2, 0.25) is 5.88 Å². The van der Waals surface area contributed by atoms with Crippen molar-refractivity contribution >= 4 is 27.5 Å². The minimum Gasteiger partial charge on any atom is -0.508 e. The molecule has 4 aromatic rings. The second-order valence-electron chi connectivity index (χ2n) is 14.4. The fourth-order valence-electron chi connectivity index (χ4n) is 8.68. The Kier molecular flexibility index (Phi) is 7.14. The van der Waals surface area contributed by atoms with E-state index < -0.39 is 11.6 Å². The van der Waals surface area contributed by atoms with Crippen LogP contribution in [0.1, 0.15) is 51.0 Å². The van der Waals surface area contributed by atoms with Gasteiger partial charge in [0, 0.05) is 42.2 Å². The Morgan fingerprint density at radius 1 is 1.10 bits per heavy atom. The number of hydrogen-bond acceptors (Lipinski definition) is 10. The van der Waals surface area contributed by atoms with Crippen molar-refractivity contribution in [2.75, 3.05) is 44.4 Å². The molecule has 12 heteroatoms. The smallest absolute Gasteiger partial charge is 0.319 e. The lowest BCUT2D eigenvalue weighted by molar-refractivity contribution is 0.113. The largest absolute Gasteiger partial charge is 0.508 e. The van der Waals surface area contributed by atoms with Crippen molar-refractivity contribution in [3.05, 3.63) is 41.5 Å². The van der Waals surface area contributed by atoms with Crippen molar-refractivity contribution in [1.29, 1.82) is 0 Å². The Balaban J connectivity index is 1.18. The second kappa shape index (κ2) is 11.3. The van der Waals surface area contributed by atoms with Gasteiger partial charge >= 0.3 is 6.01 Å². The van der Waals surface area contributed by atoms with E-state index >= 15 is 8.78 Å². The molecule has 3 saturated heterocycles. The third-order valence-electron chi connectivity index (χ3n) is 11.4. The summed E-state index contributed by atoms with van der Waals surface area (Å²) in [6.07, 6.45) is 6.51. The third-order valence-corrected chi connectivity index (χ3v) is 11.4. The molecule has 3 N–H and O–H groups in total. The minimum atomic E-state index is -0.704. The molecule has 0 unspecified atom stereocenters. The van der Waals surface area contributed by atoms with Crippen LogP contribution in [-0.4, -0.2) is 93.7 Å². The van der Waals surface area contributed by atoms with Gasteiger partial charge in [0.25, 0.3) is 0 Å². The number of piperazine rings is 1. The quantitative estimate of drug-likeness (QED) is 0.246. The van der Waals surface area contributed by atoms with E-state index in [1.807, 2.05) is 6.92 Å². The number of aromatic nitrogens is 3. The summed E-state index contributed by atoms with van der Waals surface area (Å²) in [5.41, 5.74) is 0.581. The lowest BCUT2D eigenvalue weighted by Crippen LogP contribution is -2.60. The van der Waals surface area contributed by atoms with Crippen LogP contribution in [0.15, 0.2) is 24.3 Å². The van der Waals surface area contributed by atoms with E-state index in [0.717, 1.165) is 51.6 Å². The van der Waals surface area contributed by atoms with Gasteiger partial charge in [0.05, 0.1) is 19.3 Å². The van der Waals surface area contributed by atoms with Gasteiger partial charge in [-0.05, 0) is 86.0 Å². The number of phenols is 1. The van der Waals surface area contributed by atoms with E-state index in [9.17, 15) is 10.2 Å². The maximum Gasteiger partial charge on any atom is 0.319 e. The first-order valence-electron chi connectivity index (χ1n) is 17.3. The number of aliphatic hydroxyl groups excluding tert-OH is 1.